The maximum absolute atomic E-state index is 5.72. The maximum atomic E-state index is 5.72. The summed E-state index contributed by atoms with van der Waals surface area (Å²) in [7, 11) is 0. The van der Waals surface area contributed by atoms with Gasteiger partial charge in [-0.15, -0.1) is 0 Å². The van der Waals surface area contributed by atoms with Gasteiger partial charge in [0.1, 0.15) is 0 Å². The van der Waals surface area contributed by atoms with Crippen molar-refractivity contribution in [1.82, 2.24) is 4.98 Å². The van der Waals surface area contributed by atoms with Crippen LogP contribution in [0.25, 0.3) is 11.1 Å². The van der Waals surface area contributed by atoms with Crippen molar-refractivity contribution in [3.63, 3.8) is 0 Å². The molecule has 0 fully saturated rings. The molecule has 3 heteroatoms. The molecular formula is C19H17N3. The summed E-state index contributed by atoms with van der Waals surface area (Å²) in [6.07, 6.45) is 1.78. The van der Waals surface area contributed by atoms with Crippen LogP contribution in [0.1, 0.15) is 12.6 Å². The summed E-state index contributed by atoms with van der Waals surface area (Å²) < 4.78 is 0. The molecule has 1 heterocycles. The third-order valence-electron chi connectivity index (χ3n) is 3.44. The first-order chi connectivity index (χ1) is 10.7. The van der Waals surface area contributed by atoms with E-state index >= 15 is 0 Å². The number of pyridine rings is 1. The molecule has 1 aromatic heterocycles. The van der Waals surface area contributed by atoms with E-state index in [1.165, 1.54) is 0 Å². The van der Waals surface area contributed by atoms with Gasteiger partial charge in [0.05, 0.1) is 17.1 Å². The third kappa shape index (κ3) is 3.20. The number of nitrogen functional groups attached to an aromatic ring is 1. The average Bonchev–Trinajstić information content (AvgIpc) is 2.57. The standard InChI is InChI=1S/C19H17N3/c1-14(19-4-2-3-13-21-19)22-18-11-7-16(8-12-18)15-5-9-17(20)10-6-15/h2-13H,20H2,1H3/b22-14+. The smallest absolute Gasteiger partial charge is 0.0841 e. The van der Waals surface area contributed by atoms with Gasteiger partial charge in [-0.05, 0) is 54.4 Å². The number of nitrogens with two attached hydrogens (primary N) is 1. The molecule has 3 rings (SSSR count). The molecule has 2 aromatic carbocycles. The monoisotopic (exact) mass is 287 g/mol. The van der Waals surface area contributed by atoms with Gasteiger partial charge in [-0.1, -0.05) is 30.3 Å². The summed E-state index contributed by atoms with van der Waals surface area (Å²) >= 11 is 0. The average molecular weight is 287 g/mol. The zero-order valence-electron chi connectivity index (χ0n) is 12.4. The largest absolute Gasteiger partial charge is 0.399 e. The normalized spacial score (nSPS) is 11.4. The Kier molecular flexibility index (Phi) is 3.97. The topological polar surface area (TPSA) is 51.3 Å². The van der Waals surface area contributed by atoms with Crippen LogP contribution in [0.3, 0.4) is 0 Å². The van der Waals surface area contributed by atoms with Crippen LogP contribution in [0.2, 0.25) is 0 Å². The number of hydrogen-bond donors (Lipinski definition) is 1. The van der Waals surface area contributed by atoms with Crippen molar-refractivity contribution in [2.24, 2.45) is 4.99 Å². The second-order valence-electron chi connectivity index (χ2n) is 5.08. The van der Waals surface area contributed by atoms with Gasteiger partial charge in [0.2, 0.25) is 0 Å². The first kappa shape index (κ1) is 14.0. The van der Waals surface area contributed by atoms with E-state index in [-0.39, 0.29) is 0 Å². The molecule has 0 amide bonds. The molecule has 3 aromatic rings. The lowest BCUT2D eigenvalue weighted by molar-refractivity contribution is 1.28. The number of aromatic nitrogens is 1. The zero-order chi connectivity index (χ0) is 15.4. The number of anilines is 1. The Morgan fingerprint density at radius 3 is 2.09 bits per heavy atom. The molecule has 0 bridgehead atoms. The van der Waals surface area contributed by atoms with Crippen molar-refractivity contribution in [2.45, 2.75) is 6.92 Å². The zero-order valence-corrected chi connectivity index (χ0v) is 12.4. The molecule has 0 saturated carbocycles. The summed E-state index contributed by atoms with van der Waals surface area (Å²) in [6.45, 7) is 1.97. The van der Waals surface area contributed by atoms with Crippen LogP contribution in [0.4, 0.5) is 11.4 Å². The quantitative estimate of drug-likeness (QED) is 0.570. The molecule has 0 radical (unpaired) electrons. The van der Waals surface area contributed by atoms with E-state index in [9.17, 15) is 0 Å². The highest BCUT2D eigenvalue weighted by molar-refractivity contribution is 5.98. The summed E-state index contributed by atoms with van der Waals surface area (Å²) in [5.74, 6) is 0. The lowest BCUT2D eigenvalue weighted by Crippen LogP contribution is -1.96. The highest BCUT2D eigenvalue weighted by Crippen LogP contribution is 2.23. The van der Waals surface area contributed by atoms with Gasteiger partial charge >= 0.3 is 0 Å². The number of aliphatic imine (C=N–C) groups is 1. The highest BCUT2D eigenvalue weighted by Gasteiger charge is 2.00. The summed E-state index contributed by atoms with van der Waals surface area (Å²) in [4.78, 5) is 8.92. The van der Waals surface area contributed by atoms with E-state index in [0.29, 0.717) is 0 Å². The molecule has 2 N–H and O–H groups in total. The fourth-order valence-corrected chi connectivity index (χ4v) is 2.23. The SMILES string of the molecule is C/C(=N\c1ccc(-c2ccc(N)cc2)cc1)c1ccccn1. The molecule has 108 valence electrons. The summed E-state index contributed by atoms with van der Waals surface area (Å²) in [6, 6.07) is 21.8. The molecule has 0 unspecified atom stereocenters. The van der Waals surface area contributed by atoms with Crippen molar-refractivity contribution in [3.05, 3.63) is 78.6 Å². The first-order valence-electron chi connectivity index (χ1n) is 7.15. The van der Waals surface area contributed by atoms with Crippen LogP contribution in [-0.2, 0) is 0 Å². The predicted octanol–water partition coefficient (Wildman–Crippen LogP) is 4.47. The van der Waals surface area contributed by atoms with Gasteiger partial charge in [0.25, 0.3) is 0 Å². The molecule has 0 aliphatic heterocycles. The van der Waals surface area contributed by atoms with Crippen molar-refractivity contribution in [1.29, 1.82) is 0 Å². The highest BCUT2D eigenvalue weighted by atomic mass is 14.8. The maximum Gasteiger partial charge on any atom is 0.0841 e. The minimum absolute atomic E-state index is 0.774. The molecule has 0 aliphatic rings. The lowest BCUT2D eigenvalue weighted by atomic mass is 10.1. The Balaban J connectivity index is 1.84. The number of rotatable bonds is 3. The molecule has 0 spiro atoms. The second kappa shape index (κ2) is 6.22. The van der Waals surface area contributed by atoms with Crippen LogP contribution in [0.5, 0.6) is 0 Å². The number of hydrogen-bond acceptors (Lipinski definition) is 3. The van der Waals surface area contributed by atoms with Gasteiger partial charge in [-0.2, -0.15) is 0 Å². The lowest BCUT2D eigenvalue weighted by Gasteiger charge is -2.04. The van der Waals surface area contributed by atoms with E-state index in [4.69, 9.17) is 5.73 Å². The van der Waals surface area contributed by atoms with Gasteiger partial charge in [0.15, 0.2) is 0 Å². The van der Waals surface area contributed by atoms with E-state index in [0.717, 1.165) is 33.9 Å². The second-order valence-corrected chi connectivity index (χ2v) is 5.08. The van der Waals surface area contributed by atoms with Crippen LogP contribution >= 0.6 is 0 Å². The van der Waals surface area contributed by atoms with Gasteiger partial charge in [-0.3, -0.25) is 9.98 Å². The molecule has 0 atom stereocenters. The Labute approximate surface area is 130 Å². The minimum Gasteiger partial charge on any atom is -0.399 e. The van der Waals surface area contributed by atoms with E-state index in [1.807, 2.05) is 61.5 Å². The van der Waals surface area contributed by atoms with Crippen molar-refractivity contribution >= 4 is 17.1 Å². The van der Waals surface area contributed by atoms with Crippen LogP contribution in [-0.4, -0.2) is 10.7 Å². The summed E-state index contributed by atoms with van der Waals surface area (Å²) in [5.41, 5.74) is 11.5. The molecule has 0 saturated heterocycles. The molecular weight excluding hydrogens is 270 g/mol. The van der Waals surface area contributed by atoms with Crippen molar-refractivity contribution < 1.29 is 0 Å². The molecule has 0 aliphatic carbocycles. The number of benzene rings is 2. The first-order valence-corrected chi connectivity index (χ1v) is 7.15. The fourth-order valence-electron chi connectivity index (χ4n) is 2.23. The van der Waals surface area contributed by atoms with E-state index in [1.54, 1.807) is 6.20 Å². The van der Waals surface area contributed by atoms with E-state index in [2.05, 4.69) is 22.1 Å². The van der Waals surface area contributed by atoms with Crippen molar-refractivity contribution in [2.75, 3.05) is 5.73 Å². The van der Waals surface area contributed by atoms with Gasteiger partial charge in [0, 0.05) is 11.9 Å². The van der Waals surface area contributed by atoms with Crippen LogP contribution in [0, 0.1) is 0 Å². The van der Waals surface area contributed by atoms with E-state index < -0.39 is 0 Å². The fraction of sp³-hybridized carbons (Fsp3) is 0.0526. The van der Waals surface area contributed by atoms with Gasteiger partial charge in [-0.25, -0.2) is 0 Å². The Hall–Kier alpha value is -2.94. The number of nitrogens with zero attached hydrogens (tertiary/aromatic N) is 2. The van der Waals surface area contributed by atoms with Crippen molar-refractivity contribution in [3.8, 4) is 11.1 Å². The van der Waals surface area contributed by atoms with Crippen LogP contribution in [0.15, 0.2) is 77.9 Å². The Morgan fingerprint density at radius 2 is 1.50 bits per heavy atom. The third-order valence-corrected chi connectivity index (χ3v) is 3.44. The predicted molar refractivity (Wildman–Crippen MR) is 92.4 cm³/mol. The van der Waals surface area contributed by atoms with Gasteiger partial charge < -0.3 is 5.73 Å². The molecule has 3 nitrogen and oxygen atoms in total. The minimum atomic E-state index is 0.774. The van der Waals surface area contributed by atoms with Crippen LogP contribution < -0.4 is 5.73 Å². The Bertz CT molecular complexity index is 773. The summed E-state index contributed by atoms with van der Waals surface area (Å²) in [5, 5.41) is 0. The molecule has 22 heavy (non-hydrogen) atoms. The Morgan fingerprint density at radius 1 is 0.864 bits per heavy atom.